The topological polar surface area (TPSA) is 168 Å². The minimum atomic E-state index is 0.623. The molecule has 0 aliphatic carbocycles. The highest BCUT2D eigenvalue weighted by atomic mass is 32.1. The molecule has 0 aliphatic rings. The maximum Gasteiger partial charge on any atom is 0.223 e. The maximum atomic E-state index is 4.85. The van der Waals surface area contributed by atoms with Crippen molar-refractivity contribution in [2.45, 2.75) is 83.1 Å². The van der Waals surface area contributed by atoms with Crippen LogP contribution in [0.5, 0.6) is 0 Å². The van der Waals surface area contributed by atoms with Gasteiger partial charge >= 0.3 is 0 Å². The van der Waals surface area contributed by atoms with Crippen LogP contribution in [0.3, 0.4) is 0 Å². The summed E-state index contributed by atoms with van der Waals surface area (Å²) in [6.45, 7) is 22.5. The monoisotopic (exact) mass is 634 g/mol. The van der Waals surface area contributed by atoms with Crippen molar-refractivity contribution >= 4 is 34.4 Å². The number of hydrogen-bond donors (Lipinski definition) is 0. The summed E-state index contributed by atoms with van der Waals surface area (Å²) >= 11 is 4.58. The average molecular weight is 635 g/mol. The highest BCUT2D eigenvalue weighted by Crippen LogP contribution is 2.05. The molecule has 13 nitrogen and oxygen atoms in total. The zero-order chi connectivity index (χ0) is 31.7. The van der Waals surface area contributed by atoms with Crippen molar-refractivity contribution in [2.24, 2.45) is 0 Å². The van der Waals surface area contributed by atoms with Crippen LogP contribution >= 0.6 is 34.4 Å². The van der Waals surface area contributed by atoms with E-state index >= 15 is 0 Å². The second-order valence-electron chi connectivity index (χ2n) is 8.46. The lowest BCUT2D eigenvalue weighted by molar-refractivity contribution is 0.389. The maximum absolute atomic E-state index is 4.85. The zero-order valence-electron chi connectivity index (χ0n) is 26.1. The fraction of sp³-hybridized carbons (Fsp3) is 0.462. The van der Waals surface area contributed by atoms with Crippen molar-refractivity contribution in [3.63, 3.8) is 0 Å². The van der Waals surface area contributed by atoms with Gasteiger partial charge in [-0.05, 0) is 85.4 Å². The Morgan fingerprint density at radius 2 is 0.952 bits per heavy atom. The van der Waals surface area contributed by atoms with E-state index in [9.17, 15) is 0 Å². The van der Waals surface area contributed by atoms with E-state index in [2.05, 4.69) is 63.4 Å². The number of hydrogen-bond acceptors (Lipinski definition) is 16. The van der Waals surface area contributed by atoms with Crippen LogP contribution in [0.15, 0.2) is 25.1 Å². The van der Waals surface area contributed by atoms with E-state index in [1.54, 1.807) is 45.3 Å². The minimum Gasteiger partial charge on any atom is -0.449 e. The van der Waals surface area contributed by atoms with Gasteiger partial charge in [-0.2, -0.15) is 18.7 Å². The standard InChI is InChI=1S/C5H7NO.C5H7NS.2C4H6N2O.2C4H6N2S/c2*1-4-3-7-5(2)6-4;4*1-3-5-4(2)7-6-3/h2*3H,1-2H3;4*1-2H3. The number of thiazole rings is 1. The molecule has 0 unspecified atom stereocenters. The molecule has 0 N–H and O–H groups in total. The summed E-state index contributed by atoms with van der Waals surface area (Å²) in [6, 6.07) is 0. The van der Waals surface area contributed by atoms with Crippen LogP contribution in [-0.2, 0) is 0 Å². The summed E-state index contributed by atoms with van der Waals surface area (Å²) < 4.78 is 22.0. The number of nitrogens with zero attached hydrogens (tertiary/aromatic N) is 10. The van der Waals surface area contributed by atoms with Gasteiger partial charge in [0.1, 0.15) is 27.9 Å². The SMILES string of the molecule is Cc1coc(C)n1.Cc1csc(C)n1.Cc1noc(C)n1.Cc1noc(C)n1.Cc1nsc(C)n1.Cc1nsc(C)n1. The Bertz CT molecular complexity index is 1150. The predicted octanol–water partition coefficient (Wildman–Crippen LogP) is 6.73. The number of aromatic nitrogens is 10. The van der Waals surface area contributed by atoms with E-state index < -0.39 is 0 Å². The van der Waals surface area contributed by atoms with Crippen molar-refractivity contribution < 1.29 is 13.5 Å². The summed E-state index contributed by atoms with van der Waals surface area (Å²) in [7, 11) is 0. The Morgan fingerprint density at radius 3 is 1.05 bits per heavy atom. The fourth-order valence-corrected chi connectivity index (χ4v) is 4.09. The van der Waals surface area contributed by atoms with Crippen LogP contribution < -0.4 is 0 Å². The highest BCUT2D eigenvalue weighted by molar-refractivity contribution is 7.09. The fourth-order valence-electron chi connectivity index (χ4n) is 2.55. The third-order valence-corrected chi connectivity index (χ3v) is 6.30. The quantitative estimate of drug-likeness (QED) is 0.172. The molecule has 0 fully saturated rings. The van der Waals surface area contributed by atoms with Gasteiger partial charge in [-0.25, -0.2) is 19.9 Å². The first-order valence-corrected chi connectivity index (χ1v) is 15.0. The smallest absolute Gasteiger partial charge is 0.223 e. The molecule has 0 radical (unpaired) electrons. The molecule has 0 amide bonds. The molecule has 0 aliphatic heterocycles. The van der Waals surface area contributed by atoms with Gasteiger partial charge in [0.15, 0.2) is 17.5 Å². The van der Waals surface area contributed by atoms with Crippen molar-refractivity contribution in [1.29, 1.82) is 0 Å². The molecule has 0 saturated carbocycles. The Kier molecular flexibility index (Phi) is 16.7. The number of aryl methyl sites for hydroxylation is 12. The molecule has 6 heterocycles. The first kappa shape index (κ1) is 36.3. The van der Waals surface area contributed by atoms with Crippen LogP contribution in [-0.4, -0.2) is 49.0 Å². The van der Waals surface area contributed by atoms with Gasteiger partial charge in [0.25, 0.3) is 0 Å². The van der Waals surface area contributed by atoms with Crippen molar-refractivity contribution in [3.8, 4) is 0 Å². The highest BCUT2D eigenvalue weighted by Gasteiger charge is 1.91. The van der Waals surface area contributed by atoms with Gasteiger partial charge < -0.3 is 13.5 Å². The van der Waals surface area contributed by atoms with Gasteiger partial charge in [-0.1, -0.05) is 10.3 Å². The summed E-state index contributed by atoms with van der Waals surface area (Å²) in [5.41, 5.74) is 2.07. The van der Waals surface area contributed by atoms with Gasteiger partial charge in [-0.15, -0.1) is 11.3 Å². The second kappa shape index (κ2) is 19.4. The summed E-state index contributed by atoms with van der Waals surface area (Å²) in [6.07, 6.45) is 1.63. The largest absolute Gasteiger partial charge is 0.449 e. The van der Waals surface area contributed by atoms with Gasteiger partial charge in [0, 0.05) is 31.8 Å². The van der Waals surface area contributed by atoms with E-state index in [1.165, 1.54) is 23.1 Å². The Labute approximate surface area is 258 Å². The third-order valence-electron chi connectivity index (χ3n) is 3.98. The van der Waals surface area contributed by atoms with E-state index in [4.69, 9.17) is 4.42 Å². The van der Waals surface area contributed by atoms with Crippen molar-refractivity contribution in [2.75, 3.05) is 0 Å². The Balaban J connectivity index is 0.000000252. The molecule has 0 aromatic carbocycles. The molecule has 6 rings (SSSR count). The van der Waals surface area contributed by atoms with Crippen LogP contribution in [0.1, 0.15) is 67.4 Å². The van der Waals surface area contributed by atoms with Crippen LogP contribution in [0.2, 0.25) is 0 Å². The van der Waals surface area contributed by atoms with E-state index in [1.807, 2.05) is 55.4 Å². The van der Waals surface area contributed by atoms with E-state index in [0.717, 1.165) is 44.0 Å². The van der Waals surface area contributed by atoms with Crippen molar-refractivity contribution in [3.05, 3.63) is 79.0 Å². The lowest BCUT2D eigenvalue weighted by Crippen LogP contribution is -1.70. The number of oxazole rings is 1. The lowest BCUT2D eigenvalue weighted by atomic mass is 10.6. The molecule has 6 aromatic heterocycles. The van der Waals surface area contributed by atoms with Crippen LogP contribution in [0, 0.1) is 83.1 Å². The summed E-state index contributed by atoms with van der Waals surface area (Å²) in [4.78, 5) is 23.8. The normalized spacial score (nSPS) is 9.43. The lowest BCUT2D eigenvalue weighted by Gasteiger charge is -1.71. The molecule has 0 atom stereocenters. The molecule has 16 heteroatoms. The minimum absolute atomic E-state index is 0.623. The van der Waals surface area contributed by atoms with Crippen LogP contribution in [0.4, 0.5) is 0 Å². The summed E-state index contributed by atoms with van der Waals surface area (Å²) in [5.74, 6) is 5.12. The molecule has 228 valence electrons. The molecule has 0 spiro atoms. The third kappa shape index (κ3) is 17.8. The molecule has 6 aromatic rings. The molecule has 0 saturated heterocycles. The van der Waals surface area contributed by atoms with E-state index in [0.29, 0.717) is 23.4 Å². The average Bonchev–Trinajstić information content (AvgIpc) is 3.76. The molecule has 42 heavy (non-hydrogen) atoms. The first-order chi connectivity index (χ1) is 19.7. The van der Waals surface area contributed by atoms with Gasteiger partial charge in [0.05, 0.1) is 10.7 Å². The second-order valence-corrected chi connectivity index (χ2v) is 11.4. The molecular formula is C26H38N10O3S3. The Hall–Kier alpha value is -3.76. The zero-order valence-corrected chi connectivity index (χ0v) is 28.5. The first-order valence-electron chi connectivity index (χ1n) is 12.6. The van der Waals surface area contributed by atoms with E-state index in [-0.39, 0.29) is 0 Å². The van der Waals surface area contributed by atoms with Crippen molar-refractivity contribution in [1.82, 2.24) is 49.0 Å². The Morgan fingerprint density at radius 1 is 0.476 bits per heavy atom. The van der Waals surface area contributed by atoms with Crippen LogP contribution in [0.25, 0.3) is 0 Å². The predicted molar refractivity (Wildman–Crippen MR) is 164 cm³/mol. The summed E-state index contributed by atoms with van der Waals surface area (Å²) in [5, 5.41) is 12.3. The van der Waals surface area contributed by atoms with Gasteiger partial charge in [0.2, 0.25) is 11.8 Å². The van der Waals surface area contributed by atoms with Gasteiger partial charge in [-0.3, -0.25) is 0 Å². The molecular weight excluding hydrogens is 597 g/mol. The number of rotatable bonds is 0. The molecule has 0 bridgehead atoms.